The summed E-state index contributed by atoms with van der Waals surface area (Å²) >= 11 is 0. The molecule has 0 aliphatic heterocycles. The van der Waals surface area contributed by atoms with Crippen LogP contribution in [0.25, 0.3) is 0 Å². The molecule has 0 aliphatic carbocycles. The third-order valence-electron chi connectivity index (χ3n) is 2.85. The maximum atomic E-state index is 11.8. The predicted molar refractivity (Wildman–Crippen MR) is 103 cm³/mol. The number of hydrogen-bond donors (Lipinski definition) is 2. The molecule has 0 unspecified atom stereocenters. The second-order valence-corrected chi connectivity index (χ2v) is 4.75. The SMILES string of the molecule is NCC(=O)Oc1ccc(OC(=O)Oc2ccc(OC(=O)CN)cc2)cc1.[NaH].[NaH]. The Morgan fingerprint density at radius 2 is 0.821 bits per heavy atom. The molecule has 0 aromatic heterocycles. The summed E-state index contributed by atoms with van der Waals surface area (Å²) in [5.41, 5.74) is 10.3. The fourth-order valence-electron chi connectivity index (χ4n) is 1.71. The van der Waals surface area contributed by atoms with Crippen LogP contribution in [0.2, 0.25) is 0 Å². The second-order valence-electron chi connectivity index (χ2n) is 4.75. The van der Waals surface area contributed by atoms with E-state index in [0.717, 1.165) is 0 Å². The van der Waals surface area contributed by atoms with Gasteiger partial charge in [-0.3, -0.25) is 9.59 Å². The van der Waals surface area contributed by atoms with Gasteiger partial charge in [-0.05, 0) is 48.5 Å². The summed E-state index contributed by atoms with van der Waals surface area (Å²) in [5.74, 6) is -0.253. The van der Waals surface area contributed by atoms with Crippen LogP contribution >= 0.6 is 0 Å². The van der Waals surface area contributed by atoms with E-state index in [1.165, 1.54) is 48.5 Å². The van der Waals surface area contributed by atoms with Crippen LogP contribution in [0, 0.1) is 0 Å². The average molecular weight is 408 g/mol. The van der Waals surface area contributed by atoms with Crippen molar-refractivity contribution >= 4 is 77.2 Å². The van der Waals surface area contributed by atoms with Crippen molar-refractivity contribution in [2.45, 2.75) is 0 Å². The number of hydrogen-bond acceptors (Lipinski definition) is 9. The first kappa shape index (κ1) is 26.6. The van der Waals surface area contributed by atoms with Gasteiger partial charge in [0.1, 0.15) is 23.0 Å². The molecule has 2 aromatic carbocycles. The quantitative estimate of drug-likeness (QED) is 0.285. The summed E-state index contributed by atoms with van der Waals surface area (Å²) in [7, 11) is 0. The molecule has 0 saturated heterocycles. The van der Waals surface area contributed by atoms with E-state index in [1.54, 1.807) is 0 Å². The molecule has 0 atom stereocenters. The zero-order valence-electron chi connectivity index (χ0n) is 13.5. The molecule has 0 heterocycles. The molecule has 28 heavy (non-hydrogen) atoms. The van der Waals surface area contributed by atoms with Crippen molar-refractivity contribution in [1.82, 2.24) is 0 Å². The molecule has 0 bridgehead atoms. The van der Waals surface area contributed by atoms with E-state index in [-0.39, 0.29) is 95.2 Å². The molecule has 0 aliphatic rings. The number of carbonyl (C=O) groups excluding carboxylic acids is 3. The molecule has 0 radical (unpaired) electrons. The van der Waals surface area contributed by atoms with E-state index in [2.05, 4.69) is 0 Å². The van der Waals surface area contributed by atoms with Crippen LogP contribution in [0.3, 0.4) is 0 Å². The Labute approximate surface area is 205 Å². The Kier molecular flexibility index (Phi) is 13.0. The van der Waals surface area contributed by atoms with Gasteiger partial charge in [-0.25, -0.2) is 4.79 Å². The van der Waals surface area contributed by atoms with Crippen molar-refractivity contribution in [2.75, 3.05) is 13.1 Å². The Morgan fingerprint density at radius 3 is 1.07 bits per heavy atom. The molecule has 11 heteroatoms. The Bertz CT molecular complexity index is 718. The molecule has 140 valence electrons. The molecule has 0 fully saturated rings. The molecular weight excluding hydrogens is 390 g/mol. The number of carbonyl (C=O) groups is 3. The van der Waals surface area contributed by atoms with Gasteiger partial charge < -0.3 is 30.4 Å². The van der Waals surface area contributed by atoms with Crippen molar-refractivity contribution in [1.29, 1.82) is 0 Å². The van der Waals surface area contributed by atoms with E-state index in [9.17, 15) is 14.4 Å². The monoisotopic (exact) mass is 408 g/mol. The number of esters is 2. The van der Waals surface area contributed by atoms with E-state index in [4.69, 9.17) is 30.4 Å². The maximum absolute atomic E-state index is 11.8. The second kappa shape index (κ2) is 13.7. The number of benzene rings is 2. The van der Waals surface area contributed by atoms with Gasteiger partial charge in [0, 0.05) is 0 Å². The fourth-order valence-corrected chi connectivity index (χ4v) is 1.71. The van der Waals surface area contributed by atoms with Crippen LogP contribution in [-0.4, -0.2) is 90.3 Å². The van der Waals surface area contributed by atoms with Gasteiger partial charge in [0.05, 0.1) is 13.1 Å². The van der Waals surface area contributed by atoms with E-state index >= 15 is 0 Å². The topological polar surface area (TPSA) is 140 Å². The zero-order valence-corrected chi connectivity index (χ0v) is 13.5. The van der Waals surface area contributed by atoms with Gasteiger partial charge in [-0.2, -0.15) is 0 Å². The van der Waals surface area contributed by atoms with Crippen LogP contribution in [0.4, 0.5) is 4.79 Å². The molecule has 0 spiro atoms. The van der Waals surface area contributed by atoms with Crippen molar-refractivity contribution in [3.05, 3.63) is 48.5 Å². The third kappa shape index (κ3) is 9.18. The number of rotatable bonds is 6. The molecule has 2 aromatic rings. The van der Waals surface area contributed by atoms with Gasteiger partial charge in [0.2, 0.25) is 0 Å². The fraction of sp³-hybridized carbons (Fsp3) is 0.118. The minimum absolute atomic E-state index is 0. The van der Waals surface area contributed by atoms with Gasteiger partial charge in [-0.1, -0.05) is 0 Å². The van der Waals surface area contributed by atoms with Gasteiger partial charge in [0.15, 0.2) is 0 Å². The Balaban J connectivity index is 0.00000364. The summed E-state index contributed by atoms with van der Waals surface area (Å²) in [6.45, 7) is -0.483. The molecule has 0 amide bonds. The van der Waals surface area contributed by atoms with Crippen molar-refractivity contribution in [2.24, 2.45) is 11.5 Å². The van der Waals surface area contributed by atoms with Crippen LogP contribution in [-0.2, 0) is 9.59 Å². The van der Waals surface area contributed by atoms with E-state index in [0.29, 0.717) is 0 Å². The molecule has 0 saturated carbocycles. The van der Waals surface area contributed by atoms with E-state index < -0.39 is 18.1 Å². The molecule has 2 rings (SSSR count). The molecule has 4 N–H and O–H groups in total. The first-order valence-corrected chi connectivity index (χ1v) is 7.41. The zero-order chi connectivity index (χ0) is 18.9. The van der Waals surface area contributed by atoms with Gasteiger partial charge in [0.25, 0.3) is 0 Å². The summed E-state index contributed by atoms with van der Waals surface area (Å²) in [5, 5.41) is 0. The predicted octanol–water partition coefficient (Wildman–Crippen LogP) is -0.304. The first-order valence-electron chi connectivity index (χ1n) is 7.41. The average Bonchev–Trinajstić information content (AvgIpc) is 2.64. The van der Waals surface area contributed by atoms with Crippen molar-refractivity contribution in [3.63, 3.8) is 0 Å². The molecule has 9 nitrogen and oxygen atoms in total. The Hall–Kier alpha value is -1.43. The van der Waals surface area contributed by atoms with Crippen LogP contribution in [0.5, 0.6) is 23.0 Å². The minimum atomic E-state index is -0.969. The summed E-state index contributed by atoms with van der Waals surface area (Å²) in [6.07, 6.45) is -0.969. The third-order valence-corrected chi connectivity index (χ3v) is 2.85. The van der Waals surface area contributed by atoms with Crippen LogP contribution in [0.1, 0.15) is 0 Å². The summed E-state index contributed by atoms with van der Waals surface area (Å²) in [6, 6.07) is 11.5. The van der Waals surface area contributed by atoms with Crippen molar-refractivity contribution < 1.29 is 33.3 Å². The normalized spacial score (nSPS) is 9.21. The molecular formula is C17H18N2Na2O7. The van der Waals surface area contributed by atoms with Crippen LogP contribution < -0.4 is 30.4 Å². The number of ether oxygens (including phenoxy) is 4. The van der Waals surface area contributed by atoms with Crippen molar-refractivity contribution in [3.8, 4) is 23.0 Å². The standard InChI is InChI=1S/C17H16N2O7.2Na.2H/c18-9-15(20)23-11-1-5-13(6-2-11)25-17(22)26-14-7-3-12(4-8-14)24-16(21)10-19;;;;/h1-8H,9-10,18-19H2;;;;. The van der Waals surface area contributed by atoms with Gasteiger partial charge in [-0.15, -0.1) is 0 Å². The van der Waals surface area contributed by atoms with Crippen LogP contribution in [0.15, 0.2) is 48.5 Å². The number of nitrogens with two attached hydrogens (primary N) is 2. The van der Waals surface area contributed by atoms with Gasteiger partial charge >= 0.3 is 77.2 Å². The summed E-state index contributed by atoms with van der Waals surface area (Å²) in [4.78, 5) is 33.9. The first-order chi connectivity index (χ1) is 12.5. The summed E-state index contributed by atoms with van der Waals surface area (Å²) < 4.78 is 19.8. The van der Waals surface area contributed by atoms with E-state index in [1.807, 2.05) is 0 Å². The Morgan fingerprint density at radius 1 is 0.571 bits per heavy atom.